The van der Waals surface area contributed by atoms with Crippen LogP contribution in [0.2, 0.25) is 0 Å². The van der Waals surface area contributed by atoms with Gasteiger partial charge >= 0.3 is 0 Å². The molecule has 1 fully saturated rings. The van der Waals surface area contributed by atoms with Gasteiger partial charge in [0.25, 0.3) is 0 Å². The van der Waals surface area contributed by atoms with E-state index in [1.54, 1.807) is 0 Å². The zero-order valence-electron chi connectivity index (χ0n) is 8.69. The van der Waals surface area contributed by atoms with Crippen molar-refractivity contribution in [3.05, 3.63) is 11.7 Å². The van der Waals surface area contributed by atoms with Crippen molar-refractivity contribution < 1.29 is 9.26 Å². The summed E-state index contributed by atoms with van der Waals surface area (Å²) in [4.78, 5) is 4.16. The van der Waals surface area contributed by atoms with Gasteiger partial charge in [0.05, 0.1) is 12.2 Å². The lowest BCUT2D eigenvalue weighted by Gasteiger charge is -2.08. The van der Waals surface area contributed by atoms with Gasteiger partial charge in [-0.05, 0) is 33.1 Å². The van der Waals surface area contributed by atoms with Crippen LogP contribution >= 0.6 is 0 Å². The summed E-state index contributed by atoms with van der Waals surface area (Å²) in [6.07, 6.45) is 4.97. The Hall–Kier alpha value is -0.900. The first kappa shape index (κ1) is 9.65. The Bertz CT molecular complexity index is 298. The summed E-state index contributed by atoms with van der Waals surface area (Å²) < 4.78 is 10.7. The fraction of sp³-hybridized carbons (Fsp3) is 0.800. The molecule has 1 aromatic heterocycles. The molecule has 0 radical (unpaired) electrons. The van der Waals surface area contributed by atoms with Crippen molar-refractivity contribution in [3.8, 4) is 0 Å². The van der Waals surface area contributed by atoms with Gasteiger partial charge in [-0.15, -0.1) is 0 Å². The van der Waals surface area contributed by atoms with Crippen LogP contribution in [0.4, 0.5) is 0 Å². The van der Waals surface area contributed by atoms with Gasteiger partial charge in [-0.2, -0.15) is 4.98 Å². The van der Waals surface area contributed by atoms with Crippen molar-refractivity contribution in [2.75, 3.05) is 0 Å². The fourth-order valence-corrected chi connectivity index (χ4v) is 1.82. The Morgan fingerprint density at radius 2 is 2.29 bits per heavy atom. The molecule has 14 heavy (non-hydrogen) atoms. The van der Waals surface area contributed by atoms with Gasteiger partial charge in [0.2, 0.25) is 5.89 Å². The molecule has 2 atom stereocenters. The van der Waals surface area contributed by atoms with Crippen LogP contribution in [0.15, 0.2) is 4.52 Å². The number of aryl methyl sites for hydroxylation is 2. The molecule has 2 heterocycles. The Morgan fingerprint density at radius 3 is 2.86 bits per heavy atom. The second-order valence-electron chi connectivity index (χ2n) is 3.92. The van der Waals surface area contributed by atoms with Crippen LogP contribution in [0.1, 0.15) is 37.9 Å². The van der Waals surface area contributed by atoms with Crippen molar-refractivity contribution in [2.24, 2.45) is 0 Å². The summed E-state index contributed by atoms with van der Waals surface area (Å²) >= 11 is 0. The first-order valence-electron chi connectivity index (χ1n) is 5.18. The molecule has 78 valence electrons. The number of nitrogens with zero attached hydrogens (tertiary/aromatic N) is 2. The highest BCUT2D eigenvalue weighted by Gasteiger charge is 2.21. The molecule has 2 rings (SSSR count). The van der Waals surface area contributed by atoms with E-state index in [-0.39, 0.29) is 0 Å². The van der Waals surface area contributed by atoms with E-state index in [4.69, 9.17) is 9.26 Å². The number of rotatable bonds is 3. The summed E-state index contributed by atoms with van der Waals surface area (Å²) in [5, 5.41) is 3.75. The minimum absolute atomic E-state index is 0.386. The van der Waals surface area contributed by atoms with Crippen molar-refractivity contribution in [3.63, 3.8) is 0 Å². The highest BCUT2D eigenvalue weighted by atomic mass is 16.5. The molecule has 1 aliphatic heterocycles. The SMILES string of the molecule is Cc1noc(CCC2CCC(C)O2)n1. The van der Waals surface area contributed by atoms with Gasteiger partial charge in [0, 0.05) is 6.42 Å². The van der Waals surface area contributed by atoms with Crippen LogP contribution in [0, 0.1) is 6.92 Å². The van der Waals surface area contributed by atoms with Crippen molar-refractivity contribution in [1.29, 1.82) is 0 Å². The summed E-state index contributed by atoms with van der Waals surface area (Å²) in [6.45, 7) is 3.96. The predicted molar refractivity (Wildman–Crippen MR) is 50.9 cm³/mol. The highest BCUT2D eigenvalue weighted by molar-refractivity contribution is 4.84. The Kier molecular flexibility index (Phi) is 2.82. The zero-order valence-corrected chi connectivity index (χ0v) is 8.69. The van der Waals surface area contributed by atoms with Crippen LogP contribution in [0.5, 0.6) is 0 Å². The lowest BCUT2D eigenvalue weighted by molar-refractivity contribution is 0.0500. The Balaban J connectivity index is 1.77. The van der Waals surface area contributed by atoms with Crippen molar-refractivity contribution in [1.82, 2.24) is 10.1 Å². The van der Waals surface area contributed by atoms with Gasteiger partial charge < -0.3 is 9.26 Å². The molecule has 0 N–H and O–H groups in total. The minimum Gasteiger partial charge on any atom is -0.375 e. The van der Waals surface area contributed by atoms with Gasteiger partial charge in [0.1, 0.15) is 0 Å². The van der Waals surface area contributed by atoms with E-state index < -0.39 is 0 Å². The lowest BCUT2D eigenvalue weighted by atomic mass is 10.1. The molecular formula is C10H16N2O2. The standard InChI is InChI=1S/C10H16N2O2/c1-7-3-4-9(13-7)5-6-10-11-8(2)12-14-10/h7,9H,3-6H2,1-2H3. The minimum atomic E-state index is 0.386. The van der Waals surface area contributed by atoms with Crippen LogP contribution in [0.25, 0.3) is 0 Å². The molecule has 0 spiro atoms. The summed E-state index contributed by atoms with van der Waals surface area (Å²) in [5.74, 6) is 1.44. The third-order valence-corrected chi connectivity index (χ3v) is 2.57. The largest absolute Gasteiger partial charge is 0.375 e. The molecule has 0 saturated carbocycles. The van der Waals surface area contributed by atoms with Crippen LogP contribution in [-0.2, 0) is 11.2 Å². The zero-order chi connectivity index (χ0) is 9.97. The smallest absolute Gasteiger partial charge is 0.226 e. The van der Waals surface area contributed by atoms with Crippen LogP contribution in [-0.4, -0.2) is 22.3 Å². The van der Waals surface area contributed by atoms with E-state index in [0.717, 1.165) is 25.2 Å². The second kappa shape index (κ2) is 4.09. The molecule has 4 heteroatoms. The number of ether oxygens (including phenoxy) is 1. The molecule has 0 aromatic carbocycles. The number of hydrogen-bond donors (Lipinski definition) is 0. The quantitative estimate of drug-likeness (QED) is 0.740. The second-order valence-corrected chi connectivity index (χ2v) is 3.92. The Morgan fingerprint density at radius 1 is 1.43 bits per heavy atom. The average molecular weight is 196 g/mol. The maximum atomic E-state index is 5.70. The van der Waals surface area contributed by atoms with E-state index in [2.05, 4.69) is 17.1 Å². The van der Waals surface area contributed by atoms with Gasteiger partial charge in [0.15, 0.2) is 5.82 Å². The molecule has 0 aliphatic carbocycles. The summed E-state index contributed by atoms with van der Waals surface area (Å²) in [7, 11) is 0. The fourth-order valence-electron chi connectivity index (χ4n) is 1.82. The first-order chi connectivity index (χ1) is 6.74. The van der Waals surface area contributed by atoms with E-state index in [9.17, 15) is 0 Å². The Labute approximate surface area is 83.6 Å². The summed E-state index contributed by atoms with van der Waals surface area (Å²) in [5.41, 5.74) is 0. The first-order valence-corrected chi connectivity index (χ1v) is 5.18. The molecule has 0 bridgehead atoms. The monoisotopic (exact) mass is 196 g/mol. The maximum absolute atomic E-state index is 5.70. The summed E-state index contributed by atoms with van der Waals surface area (Å²) in [6, 6.07) is 0. The third-order valence-electron chi connectivity index (χ3n) is 2.57. The molecule has 1 aromatic rings. The maximum Gasteiger partial charge on any atom is 0.226 e. The van der Waals surface area contributed by atoms with Crippen LogP contribution < -0.4 is 0 Å². The number of hydrogen-bond acceptors (Lipinski definition) is 4. The molecule has 0 amide bonds. The van der Waals surface area contributed by atoms with E-state index >= 15 is 0 Å². The molecule has 4 nitrogen and oxygen atoms in total. The van der Waals surface area contributed by atoms with Crippen molar-refractivity contribution in [2.45, 2.75) is 51.7 Å². The molecular weight excluding hydrogens is 180 g/mol. The molecule has 1 aliphatic rings. The molecule has 2 unspecified atom stereocenters. The van der Waals surface area contributed by atoms with Crippen LogP contribution in [0.3, 0.4) is 0 Å². The highest BCUT2D eigenvalue weighted by Crippen LogP contribution is 2.22. The van der Waals surface area contributed by atoms with Crippen molar-refractivity contribution >= 4 is 0 Å². The topological polar surface area (TPSA) is 48.2 Å². The van der Waals surface area contributed by atoms with E-state index in [1.165, 1.54) is 6.42 Å². The average Bonchev–Trinajstić information content (AvgIpc) is 2.72. The lowest BCUT2D eigenvalue weighted by Crippen LogP contribution is -2.09. The predicted octanol–water partition coefficient (Wildman–Crippen LogP) is 1.88. The van der Waals surface area contributed by atoms with Gasteiger partial charge in [-0.25, -0.2) is 0 Å². The van der Waals surface area contributed by atoms with E-state index in [1.807, 2.05) is 6.92 Å². The number of aromatic nitrogens is 2. The normalized spacial score (nSPS) is 27.0. The van der Waals surface area contributed by atoms with Gasteiger partial charge in [-0.1, -0.05) is 5.16 Å². The molecule has 1 saturated heterocycles. The van der Waals surface area contributed by atoms with Gasteiger partial charge in [-0.3, -0.25) is 0 Å². The van der Waals surface area contributed by atoms with E-state index in [0.29, 0.717) is 18.0 Å². The third kappa shape index (κ3) is 2.32.